The average Bonchev–Trinajstić information content (AvgIpc) is 3.09. The fourth-order valence-electron chi connectivity index (χ4n) is 2.37. The molecule has 0 aliphatic rings. The predicted octanol–water partition coefficient (Wildman–Crippen LogP) is 3.55. The molecule has 25 heavy (non-hydrogen) atoms. The van der Waals surface area contributed by atoms with E-state index in [0.29, 0.717) is 17.5 Å². The van der Waals surface area contributed by atoms with Crippen molar-refractivity contribution >= 4 is 10.8 Å². The van der Waals surface area contributed by atoms with Crippen LogP contribution >= 0.6 is 0 Å². The number of rotatable bonds is 7. The molecule has 0 radical (unpaired) electrons. The van der Waals surface area contributed by atoms with Gasteiger partial charge in [-0.3, -0.25) is 4.21 Å². The van der Waals surface area contributed by atoms with Gasteiger partial charge >= 0.3 is 0 Å². The highest BCUT2D eigenvalue weighted by atomic mass is 32.2. The van der Waals surface area contributed by atoms with E-state index in [1.165, 1.54) is 5.56 Å². The molecule has 3 aromatic rings. The van der Waals surface area contributed by atoms with Gasteiger partial charge in [0.15, 0.2) is 0 Å². The Kier molecular flexibility index (Phi) is 5.60. The molecule has 0 aliphatic heterocycles. The average molecular weight is 356 g/mol. The minimum Gasteiger partial charge on any atom is -0.497 e. The van der Waals surface area contributed by atoms with Gasteiger partial charge in [0.05, 0.1) is 7.11 Å². The van der Waals surface area contributed by atoms with Crippen LogP contribution in [-0.2, 0) is 23.0 Å². The molecule has 0 saturated heterocycles. The van der Waals surface area contributed by atoms with Gasteiger partial charge in [-0.1, -0.05) is 47.1 Å². The van der Waals surface area contributed by atoms with Gasteiger partial charge in [0, 0.05) is 22.1 Å². The molecule has 0 amide bonds. The summed E-state index contributed by atoms with van der Waals surface area (Å²) in [6.07, 6.45) is 0.732. The lowest BCUT2D eigenvalue weighted by atomic mass is 10.1. The number of hydrogen-bond donors (Lipinski definition) is 0. The molecule has 0 aliphatic carbocycles. The maximum atomic E-state index is 12.3. The van der Waals surface area contributed by atoms with Gasteiger partial charge in [0.2, 0.25) is 11.7 Å². The van der Waals surface area contributed by atoms with Crippen LogP contribution in [0.2, 0.25) is 0 Å². The van der Waals surface area contributed by atoms with Gasteiger partial charge in [-0.25, -0.2) is 0 Å². The lowest BCUT2D eigenvalue weighted by molar-refractivity contribution is 0.390. The van der Waals surface area contributed by atoms with Crippen molar-refractivity contribution < 1.29 is 13.5 Å². The van der Waals surface area contributed by atoms with Crippen molar-refractivity contribution in [3.8, 4) is 17.1 Å². The minimum absolute atomic E-state index is 0.273. The molecule has 0 fully saturated rings. The molecule has 0 bridgehead atoms. The van der Waals surface area contributed by atoms with Crippen molar-refractivity contribution in [2.45, 2.75) is 19.1 Å². The van der Waals surface area contributed by atoms with E-state index >= 15 is 0 Å². The third-order valence-electron chi connectivity index (χ3n) is 3.84. The Morgan fingerprint density at radius 1 is 1.08 bits per heavy atom. The highest BCUT2D eigenvalue weighted by Gasteiger charge is 2.12. The zero-order valence-corrected chi connectivity index (χ0v) is 15.1. The Balaban J connectivity index is 1.55. The Bertz CT molecular complexity index is 842. The molecule has 130 valence electrons. The molecule has 0 N–H and O–H groups in total. The van der Waals surface area contributed by atoms with Crippen LogP contribution in [0, 0.1) is 6.92 Å². The second kappa shape index (κ2) is 8.07. The largest absolute Gasteiger partial charge is 0.497 e. The van der Waals surface area contributed by atoms with Gasteiger partial charge < -0.3 is 9.26 Å². The topological polar surface area (TPSA) is 65.2 Å². The van der Waals surface area contributed by atoms with Crippen LogP contribution in [0.5, 0.6) is 5.75 Å². The molecule has 1 heterocycles. The number of nitrogens with zero attached hydrogens (tertiary/aromatic N) is 2. The van der Waals surface area contributed by atoms with E-state index in [4.69, 9.17) is 9.26 Å². The fraction of sp³-hybridized carbons (Fsp3) is 0.263. The van der Waals surface area contributed by atoms with E-state index in [9.17, 15) is 4.21 Å². The molecule has 6 heteroatoms. The van der Waals surface area contributed by atoms with Crippen molar-refractivity contribution in [3.05, 3.63) is 65.5 Å². The van der Waals surface area contributed by atoms with Gasteiger partial charge in [-0.15, -0.1) is 0 Å². The molecular formula is C19H20N2O3S. The molecule has 0 unspecified atom stereocenters. The summed E-state index contributed by atoms with van der Waals surface area (Å²) in [6.45, 7) is 2.03. The van der Waals surface area contributed by atoms with Crippen LogP contribution in [0.1, 0.15) is 17.0 Å². The third-order valence-corrected chi connectivity index (χ3v) is 5.07. The summed E-state index contributed by atoms with van der Waals surface area (Å²) >= 11 is 0. The Hall–Kier alpha value is -2.47. The third kappa shape index (κ3) is 4.76. The second-order valence-corrected chi connectivity index (χ2v) is 7.34. The van der Waals surface area contributed by atoms with E-state index in [2.05, 4.69) is 10.1 Å². The lowest BCUT2D eigenvalue weighted by Crippen LogP contribution is -2.04. The van der Waals surface area contributed by atoms with Crippen LogP contribution in [0.25, 0.3) is 11.4 Å². The van der Waals surface area contributed by atoms with Gasteiger partial charge in [0.25, 0.3) is 0 Å². The van der Waals surface area contributed by atoms with Gasteiger partial charge in [0.1, 0.15) is 11.5 Å². The van der Waals surface area contributed by atoms with E-state index < -0.39 is 10.8 Å². The molecule has 0 spiro atoms. The van der Waals surface area contributed by atoms with E-state index in [1.54, 1.807) is 7.11 Å². The number of ether oxygens (including phenoxy) is 1. The second-order valence-electron chi connectivity index (χ2n) is 5.76. The molecule has 0 saturated carbocycles. The van der Waals surface area contributed by atoms with Crippen molar-refractivity contribution in [1.29, 1.82) is 0 Å². The maximum absolute atomic E-state index is 12.3. The highest BCUT2D eigenvalue weighted by molar-refractivity contribution is 7.84. The summed E-state index contributed by atoms with van der Waals surface area (Å²) in [5.41, 5.74) is 3.19. The van der Waals surface area contributed by atoms with E-state index in [-0.39, 0.29) is 5.75 Å². The summed E-state index contributed by atoms with van der Waals surface area (Å²) in [7, 11) is 0.585. The Morgan fingerprint density at radius 2 is 1.80 bits per heavy atom. The standard InChI is InChI=1S/C19H20N2O3S/c1-14-3-7-16(8-4-14)19-20-18(24-21-19)13-25(22)12-11-15-5-9-17(23-2)10-6-15/h3-10H,11-13H2,1-2H3/t25-/m1/s1. The summed E-state index contributed by atoms with van der Waals surface area (Å²) < 4.78 is 22.6. The van der Waals surface area contributed by atoms with Crippen molar-refractivity contribution in [2.24, 2.45) is 0 Å². The Morgan fingerprint density at radius 3 is 2.48 bits per heavy atom. The SMILES string of the molecule is COc1ccc(CC[S@@](=O)Cc2nc(-c3ccc(C)cc3)no2)cc1. The van der Waals surface area contributed by atoms with Crippen molar-refractivity contribution in [2.75, 3.05) is 12.9 Å². The molecular weight excluding hydrogens is 336 g/mol. The molecule has 1 aromatic heterocycles. The minimum atomic E-state index is -1.05. The van der Waals surface area contributed by atoms with Gasteiger partial charge in [-0.05, 0) is 31.0 Å². The zero-order valence-electron chi connectivity index (χ0n) is 14.3. The Labute approximate surface area is 149 Å². The van der Waals surface area contributed by atoms with Crippen LogP contribution in [-0.4, -0.2) is 27.2 Å². The normalized spacial score (nSPS) is 12.1. The van der Waals surface area contributed by atoms with Crippen LogP contribution < -0.4 is 4.74 Å². The summed E-state index contributed by atoms with van der Waals surface area (Å²) in [5.74, 6) is 2.58. The quantitative estimate of drug-likeness (QED) is 0.648. The number of benzene rings is 2. The first-order valence-corrected chi connectivity index (χ1v) is 9.50. The summed E-state index contributed by atoms with van der Waals surface area (Å²) in [4.78, 5) is 4.34. The monoisotopic (exact) mass is 356 g/mol. The number of hydrogen-bond acceptors (Lipinski definition) is 5. The first-order valence-electron chi connectivity index (χ1n) is 8.01. The van der Waals surface area contributed by atoms with Crippen LogP contribution in [0.4, 0.5) is 0 Å². The predicted molar refractivity (Wildman–Crippen MR) is 97.9 cm³/mol. The van der Waals surface area contributed by atoms with E-state index in [0.717, 1.165) is 23.3 Å². The highest BCUT2D eigenvalue weighted by Crippen LogP contribution is 2.17. The fourth-order valence-corrected chi connectivity index (χ4v) is 3.37. The summed E-state index contributed by atoms with van der Waals surface area (Å²) in [5, 5.41) is 3.97. The van der Waals surface area contributed by atoms with E-state index in [1.807, 2.05) is 55.5 Å². The van der Waals surface area contributed by atoms with Crippen molar-refractivity contribution in [3.63, 3.8) is 0 Å². The number of methoxy groups -OCH3 is 1. The molecule has 3 rings (SSSR count). The first kappa shape index (κ1) is 17.4. The first-order chi connectivity index (χ1) is 12.1. The van der Waals surface area contributed by atoms with Gasteiger partial charge in [-0.2, -0.15) is 4.98 Å². The molecule has 5 nitrogen and oxygen atoms in total. The molecule has 2 aromatic carbocycles. The maximum Gasteiger partial charge on any atom is 0.239 e. The number of aromatic nitrogens is 2. The lowest BCUT2D eigenvalue weighted by Gasteiger charge is -2.03. The van der Waals surface area contributed by atoms with Crippen molar-refractivity contribution in [1.82, 2.24) is 10.1 Å². The number of aryl methyl sites for hydroxylation is 2. The molecule has 1 atom stereocenters. The zero-order chi connectivity index (χ0) is 17.6. The van der Waals surface area contributed by atoms with Crippen LogP contribution in [0.15, 0.2) is 53.1 Å². The van der Waals surface area contributed by atoms with Crippen LogP contribution in [0.3, 0.4) is 0 Å². The summed E-state index contributed by atoms with van der Waals surface area (Å²) in [6, 6.07) is 15.7. The smallest absolute Gasteiger partial charge is 0.239 e.